The molecule has 6 nitrogen and oxygen atoms in total. The van der Waals surface area contributed by atoms with Crippen LogP contribution in [0.2, 0.25) is 0 Å². The maximum atomic E-state index is 11.8. The predicted octanol–water partition coefficient (Wildman–Crippen LogP) is 1.55. The molecule has 1 N–H and O–H groups in total. The Morgan fingerprint density at radius 1 is 1.24 bits per heavy atom. The smallest absolute Gasteiger partial charge is 0.232 e. The third-order valence-corrected chi connectivity index (χ3v) is 5.98. The summed E-state index contributed by atoms with van der Waals surface area (Å²) >= 11 is 0. The molecule has 21 heavy (non-hydrogen) atoms. The number of fused-ring (bicyclic) bond motifs is 1. The van der Waals surface area contributed by atoms with Crippen molar-refractivity contribution < 1.29 is 16.8 Å². The lowest BCUT2D eigenvalue weighted by Crippen LogP contribution is -2.34. The Morgan fingerprint density at radius 2 is 1.95 bits per heavy atom. The lowest BCUT2D eigenvalue weighted by atomic mass is 10.0. The summed E-state index contributed by atoms with van der Waals surface area (Å²) in [5.74, 6) is 0.0415. The standard InChI is InChI=1S/C13H20N2O4S2/c1-3-9-21(18,19)14-12-7-6-11-5-4-8-15(13(11)10-12)20(2,16)17/h6-7,10,14H,3-5,8-9H2,1-2H3. The van der Waals surface area contributed by atoms with Crippen LogP contribution in [-0.4, -0.2) is 35.4 Å². The van der Waals surface area contributed by atoms with Gasteiger partial charge in [0.2, 0.25) is 20.0 Å². The van der Waals surface area contributed by atoms with Gasteiger partial charge in [0.15, 0.2) is 0 Å². The summed E-state index contributed by atoms with van der Waals surface area (Å²) in [6.45, 7) is 2.22. The van der Waals surface area contributed by atoms with Gasteiger partial charge < -0.3 is 0 Å². The minimum absolute atomic E-state index is 0.0415. The molecular weight excluding hydrogens is 312 g/mol. The van der Waals surface area contributed by atoms with Crippen LogP contribution in [-0.2, 0) is 26.5 Å². The van der Waals surface area contributed by atoms with E-state index >= 15 is 0 Å². The average molecular weight is 332 g/mol. The van der Waals surface area contributed by atoms with Gasteiger partial charge in [0, 0.05) is 6.54 Å². The first-order chi connectivity index (χ1) is 9.73. The van der Waals surface area contributed by atoms with E-state index in [0.717, 1.165) is 24.7 Å². The van der Waals surface area contributed by atoms with Crippen LogP contribution in [0.15, 0.2) is 18.2 Å². The fourth-order valence-corrected chi connectivity index (χ4v) is 4.56. The van der Waals surface area contributed by atoms with Crippen LogP contribution < -0.4 is 9.03 Å². The number of anilines is 2. The Morgan fingerprint density at radius 3 is 2.57 bits per heavy atom. The molecule has 0 saturated carbocycles. The van der Waals surface area contributed by atoms with Crippen molar-refractivity contribution in [2.75, 3.05) is 27.6 Å². The van der Waals surface area contributed by atoms with Crippen molar-refractivity contribution in [1.29, 1.82) is 0 Å². The number of hydrogen-bond acceptors (Lipinski definition) is 4. The van der Waals surface area contributed by atoms with E-state index in [1.807, 2.05) is 0 Å². The molecule has 0 atom stereocenters. The molecule has 1 heterocycles. The van der Waals surface area contributed by atoms with Crippen LogP contribution in [0.5, 0.6) is 0 Å². The second-order valence-corrected chi connectivity index (χ2v) is 8.95. The molecule has 0 spiro atoms. The average Bonchev–Trinajstić information content (AvgIpc) is 2.36. The zero-order chi connectivity index (χ0) is 15.7. The number of nitrogens with one attached hydrogen (secondary N) is 1. The van der Waals surface area contributed by atoms with E-state index in [1.54, 1.807) is 25.1 Å². The molecule has 8 heteroatoms. The number of sulfonamides is 2. The molecule has 0 unspecified atom stereocenters. The highest BCUT2D eigenvalue weighted by Crippen LogP contribution is 2.31. The second kappa shape index (κ2) is 5.84. The van der Waals surface area contributed by atoms with Crippen molar-refractivity contribution in [3.05, 3.63) is 23.8 Å². The van der Waals surface area contributed by atoms with Gasteiger partial charge >= 0.3 is 0 Å². The van der Waals surface area contributed by atoms with E-state index in [4.69, 9.17) is 0 Å². The van der Waals surface area contributed by atoms with Gasteiger partial charge in [-0.15, -0.1) is 0 Å². The van der Waals surface area contributed by atoms with Gasteiger partial charge in [0.1, 0.15) is 0 Å². The van der Waals surface area contributed by atoms with E-state index in [0.29, 0.717) is 24.3 Å². The molecule has 2 rings (SSSR count). The van der Waals surface area contributed by atoms with Crippen LogP contribution in [0.25, 0.3) is 0 Å². The first-order valence-electron chi connectivity index (χ1n) is 6.84. The van der Waals surface area contributed by atoms with E-state index in [2.05, 4.69) is 4.72 Å². The minimum Gasteiger partial charge on any atom is -0.283 e. The highest BCUT2D eigenvalue weighted by atomic mass is 32.2. The molecule has 1 aromatic rings. The molecule has 0 bridgehead atoms. The molecule has 0 aliphatic carbocycles. The van der Waals surface area contributed by atoms with Crippen LogP contribution >= 0.6 is 0 Å². The lowest BCUT2D eigenvalue weighted by Gasteiger charge is -2.29. The molecule has 0 aromatic heterocycles. The number of rotatable bonds is 5. The van der Waals surface area contributed by atoms with Crippen LogP contribution in [0.1, 0.15) is 25.3 Å². The van der Waals surface area contributed by atoms with Crippen molar-refractivity contribution in [2.45, 2.75) is 26.2 Å². The number of benzene rings is 1. The molecular formula is C13H20N2O4S2. The van der Waals surface area contributed by atoms with Crippen LogP contribution in [0.3, 0.4) is 0 Å². The zero-order valence-electron chi connectivity index (χ0n) is 12.2. The Labute approximate surface area is 126 Å². The Balaban J connectivity index is 2.37. The highest BCUT2D eigenvalue weighted by Gasteiger charge is 2.24. The molecule has 1 aromatic carbocycles. The molecule has 118 valence electrons. The zero-order valence-corrected chi connectivity index (χ0v) is 13.8. The summed E-state index contributed by atoms with van der Waals surface area (Å²) in [6, 6.07) is 5.07. The normalized spacial score (nSPS) is 15.6. The quantitative estimate of drug-likeness (QED) is 0.887. The maximum absolute atomic E-state index is 11.8. The van der Waals surface area contributed by atoms with Crippen molar-refractivity contribution >= 4 is 31.4 Å². The highest BCUT2D eigenvalue weighted by molar-refractivity contribution is 7.92. The molecule has 0 radical (unpaired) electrons. The van der Waals surface area contributed by atoms with Crippen molar-refractivity contribution in [1.82, 2.24) is 0 Å². The third kappa shape index (κ3) is 3.88. The van der Waals surface area contributed by atoms with Gasteiger partial charge in [-0.05, 0) is 37.0 Å². The summed E-state index contributed by atoms with van der Waals surface area (Å²) in [7, 11) is -6.74. The lowest BCUT2D eigenvalue weighted by molar-refractivity contribution is 0.592. The van der Waals surface area contributed by atoms with Crippen molar-refractivity contribution in [3.63, 3.8) is 0 Å². The fraction of sp³-hybridized carbons (Fsp3) is 0.538. The SMILES string of the molecule is CCCS(=O)(=O)Nc1ccc2c(c1)N(S(C)(=O)=O)CCC2. The van der Waals surface area contributed by atoms with E-state index < -0.39 is 20.0 Å². The Bertz CT molecular complexity index is 727. The molecule has 1 aliphatic heterocycles. The first kappa shape index (κ1) is 16.1. The summed E-state index contributed by atoms with van der Waals surface area (Å²) in [5.41, 5.74) is 1.89. The topological polar surface area (TPSA) is 83.6 Å². The number of aryl methyl sites for hydroxylation is 1. The largest absolute Gasteiger partial charge is 0.283 e. The van der Waals surface area contributed by atoms with Crippen LogP contribution in [0.4, 0.5) is 11.4 Å². The summed E-state index contributed by atoms with van der Waals surface area (Å²) in [5, 5.41) is 0. The summed E-state index contributed by atoms with van der Waals surface area (Å²) in [6.07, 6.45) is 3.25. The van der Waals surface area contributed by atoms with Crippen molar-refractivity contribution in [2.24, 2.45) is 0 Å². The van der Waals surface area contributed by atoms with E-state index in [9.17, 15) is 16.8 Å². The van der Waals surface area contributed by atoms with Gasteiger partial charge in [-0.1, -0.05) is 13.0 Å². The number of hydrogen-bond donors (Lipinski definition) is 1. The van der Waals surface area contributed by atoms with Gasteiger partial charge in [0.25, 0.3) is 0 Å². The summed E-state index contributed by atoms with van der Waals surface area (Å²) in [4.78, 5) is 0. The molecule has 0 amide bonds. The first-order valence-corrected chi connectivity index (χ1v) is 10.3. The third-order valence-electron chi connectivity index (χ3n) is 3.31. The Kier molecular flexibility index (Phi) is 4.48. The van der Waals surface area contributed by atoms with Gasteiger partial charge in [0.05, 0.1) is 23.4 Å². The van der Waals surface area contributed by atoms with Gasteiger partial charge in [-0.3, -0.25) is 9.03 Å². The fourth-order valence-electron chi connectivity index (χ4n) is 2.45. The van der Waals surface area contributed by atoms with E-state index in [-0.39, 0.29) is 5.75 Å². The van der Waals surface area contributed by atoms with Crippen molar-refractivity contribution in [3.8, 4) is 0 Å². The van der Waals surface area contributed by atoms with E-state index in [1.165, 1.54) is 4.31 Å². The predicted molar refractivity (Wildman–Crippen MR) is 84.7 cm³/mol. The summed E-state index contributed by atoms with van der Waals surface area (Å²) < 4.78 is 51.1. The second-order valence-electron chi connectivity index (χ2n) is 5.20. The van der Waals surface area contributed by atoms with Gasteiger partial charge in [-0.2, -0.15) is 0 Å². The monoisotopic (exact) mass is 332 g/mol. The molecule has 1 aliphatic rings. The maximum Gasteiger partial charge on any atom is 0.232 e. The molecule has 0 saturated heterocycles. The number of nitrogens with zero attached hydrogens (tertiary/aromatic N) is 1. The minimum atomic E-state index is -3.38. The molecule has 0 fully saturated rings. The van der Waals surface area contributed by atoms with Gasteiger partial charge in [-0.25, -0.2) is 16.8 Å². The Hall–Kier alpha value is -1.28. The van der Waals surface area contributed by atoms with Crippen LogP contribution in [0, 0.1) is 0 Å².